The SMILES string of the molecule is O=C(COc1c(Br)cc(/C=N\Nc2ncc(F)c(N3CCOCC3)n2)c(O)c1Cl)Nc1cc(Br)cc(Cl)c1O. The van der Waals surface area contributed by atoms with E-state index < -0.39 is 18.3 Å². The van der Waals surface area contributed by atoms with Gasteiger partial charge in [0.1, 0.15) is 10.8 Å². The molecule has 0 aliphatic carbocycles. The number of nitrogens with one attached hydrogen (secondary N) is 2. The van der Waals surface area contributed by atoms with Gasteiger partial charge >= 0.3 is 0 Å². The second-order valence-electron chi connectivity index (χ2n) is 7.89. The number of aromatic hydroxyl groups is 2. The topological polar surface area (TPSA) is 141 Å². The molecule has 206 valence electrons. The summed E-state index contributed by atoms with van der Waals surface area (Å²) in [5, 5.41) is 26.9. The van der Waals surface area contributed by atoms with Crippen molar-refractivity contribution in [2.45, 2.75) is 0 Å². The number of benzene rings is 2. The van der Waals surface area contributed by atoms with Crippen LogP contribution < -0.4 is 20.4 Å². The number of phenolic OH excluding ortho intramolecular Hbond substituents is 2. The number of hydrogen-bond donors (Lipinski definition) is 4. The predicted octanol–water partition coefficient (Wildman–Crippen LogP) is 5.16. The lowest BCUT2D eigenvalue weighted by Crippen LogP contribution is -2.37. The minimum Gasteiger partial charge on any atom is -0.506 e. The van der Waals surface area contributed by atoms with Gasteiger partial charge in [0, 0.05) is 23.1 Å². The van der Waals surface area contributed by atoms with Gasteiger partial charge < -0.3 is 29.9 Å². The van der Waals surface area contributed by atoms with E-state index in [-0.39, 0.29) is 50.3 Å². The standard InChI is InChI=1S/C23H19Br2Cl2FN6O5/c24-12-6-14(26)20(37)16(7-12)31-17(35)10-39-21-13(25)5-11(19(36)18(21)27)8-30-33-23-29-9-15(28)22(32-23)34-1-3-38-4-2-34/h5-9,36-37H,1-4,10H2,(H,31,35)(H,29,32,33)/b30-8-. The van der Waals surface area contributed by atoms with E-state index in [0.29, 0.717) is 35.2 Å². The Balaban J connectivity index is 1.41. The number of phenols is 2. The first-order valence-corrected chi connectivity index (χ1v) is 13.4. The zero-order valence-corrected chi connectivity index (χ0v) is 24.4. The molecule has 1 aliphatic rings. The van der Waals surface area contributed by atoms with E-state index in [2.05, 4.69) is 57.7 Å². The molecule has 11 nitrogen and oxygen atoms in total. The van der Waals surface area contributed by atoms with Gasteiger partial charge in [-0.3, -0.25) is 4.79 Å². The van der Waals surface area contributed by atoms with Crippen LogP contribution in [0.4, 0.5) is 21.8 Å². The predicted molar refractivity (Wildman–Crippen MR) is 152 cm³/mol. The number of aromatic nitrogens is 2. The summed E-state index contributed by atoms with van der Waals surface area (Å²) in [5.74, 6) is -1.68. The normalized spacial score (nSPS) is 13.5. The van der Waals surface area contributed by atoms with Gasteiger partial charge in [0.25, 0.3) is 5.91 Å². The molecule has 0 spiro atoms. The minimum atomic E-state index is -0.618. The number of hydrazone groups is 1. The van der Waals surface area contributed by atoms with Crippen LogP contribution in [0.2, 0.25) is 10.0 Å². The van der Waals surface area contributed by atoms with Crippen molar-refractivity contribution in [3.05, 3.63) is 54.8 Å². The molecular weight excluding hydrogens is 690 g/mol. The highest BCUT2D eigenvalue weighted by molar-refractivity contribution is 9.10. The maximum atomic E-state index is 14.2. The van der Waals surface area contributed by atoms with Crippen LogP contribution >= 0.6 is 55.1 Å². The molecule has 1 amide bonds. The molecule has 4 rings (SSSR count). The van der Waals surface area contributed by atoms with Crippen molar-refractivity contribution in [3.8, 4) is 17.2 Å². The zero-order valence-electron chi connectivity index (χ0n) is 19.7. The Morgan fingerprint density at radius 3 is 2.72 bits per heavy atom. The molecular formula is C23H19Br2Cl2FN6O5. The monoisotopic (exact) mass is 706 g/mol. The smallest absolute Gasteiger partial charge is 0.262 e. The van der Waals surface area contributed by atoms with Gasteiger partial charge in [0.15, 0.2) is 29.7 Å². The molecule has 0 radical (unpaired) electrons. The summed E-state index contributed by atoms with van der Waals surface area (Å²) in [6.07, 6.45) is 2.29. The van der Waals surface area contributed by atoms with Gasteiger partial charge in [-0.15, -0.1) is 0 Å². The van der Waals surface area contributed by atoms with Crippen molar-refractivity contribution in [1.29, 1.82) is 0 Å². The van der Waals surface area contributed by atoms with Gasteiger partial charge in [-0.25, -0.2) is 14.8 Å². The lowest BCUT2D eigenvalue weighted by molar-refractivity contribution is -0.118. The van der Waals surface area contributed by atoms with Crippen LogP contribution in [0.5, 0.6) is 17.2 Å². The van der Waals surface area contributed by atoms with Crippen LogP contribution in [0.3, 0.4) is 0 Å². The molecule has 4 N–H and O–H groups in total. The van der Waals surface area contributed by atoms with Gasteiger partial charge in [0.2, 0.25) is 5.95 Å². The third-order valence-corrected chi connectivity index (χ3v) is 6.92. The fourth-order valence-corrected chi connectivity index (χ4v) is 5.14. The van der Waals surface area contributed by atoms with Gasteiger partial charge in [-0.2, -0.15) is 10.1 Å². The van der Waals surface area contributed by atoms with E-state index in [1.165, 1.54) is 24.4 Å². The zero-order chi connectivity index (χ0) is 28.1. The van der Waals surface area contributed by atoms with Crippen LogP contribution in [0.1, 0.15) is 5.56 Å². The van der Waals surface area contributed by atoms with Crippen LogP contribution in [-0.4, -0.2) is 65.2 Å². The van der Waals surface area contributed by atoms with E-state index in [0.717, 1.165) is 6.20 Å². The number of anilines is 3. The molecule has 1 aromatic heterocycles. The Morgan fingerprint density at radius 2 is 1.97 bits per heavy atom. The van der Waals surface area contributed by atoms with Crippen molar-refractivity contribution in [3.63, 3.8) is 0 Å². The van der Waals surface area contributed by atoms with Gasteiger partial charge in [-0.05, 0) is 34.1 Å². The van der Waals surface area contributed by atoms with Crippen LogP contribution in [0.15, 0.2) is 38.4 Å². The number of nitrogens with zero attached hydrogens (tertiary/aromatic N) is 4. The molecule has 2 heterocycles. The van der Waals surface area contributed by atoms with E-state index in [4.69, 9.17) is 32.7 Å². The van der Waals surface area contributed by atoms with Crippen molar-refractivity contribution in [2.24, 2.45) is 5.10 Å². The van der Waals surface area contributed by atoms with E-state index in [9.17, 15) is 19.4 Å². The van der Waals surface area contributed by atoms with Crippen LogP contribution in [0.25, 0.3) is 0 Å². The third-order valence-electron chi connectivity index (χ3n) is 5.23. The molecule has 2 aromatic carbocycles. The highest BCUT2D eigenvalue weighted by Gasteiger charge is 2.19. The van der Waals surface area contributed by atoms with Crippen LogP contribution in [0, 0.1) is 5.82 Å². The Morgan fingerprint density at radius 1 is 1.23 bits per heavy atom. The summed E-state index contributed by atoms with van der Waals surface area (Å²) in [4.78, 5) is 22.1. The molecule has 1 aliphatic heterocycles. The molecule has 39 heavy (non-hydrogen) atoms. The highest BCUT2D eigenvalue weighted by atomic mass is 79.9. The number of rotatable bonds is 8. The minimum absolute atomic E-state index is 0.00273. The van der Waals surface area contributed by atoms with E-state index in [1.807, 2.05) is 0 Å². The first kappa shape index (κ1) is 29.1. The number of morpholine rings is 1. The first-order valence-electron chi connectivity index (χ1n) is 11.1. The van der Waals surface area contributed by atoms with Crippen LogP contribution in [-0.2, 0) is 9.53 Å². The lowest BCUT2D eigenvalue weighted by atomic mass is 10.2. The van der Waals surface area contributed by atoms with Crippen molar-refractivity contribution in [1.82, 2.24) is 9.97 Å². The molecule has 0 atom stereocenters. The summed E-state index contributed by atoms with van der Waals surface area (Å²) in [6, 6.07) is 4.40. The first-order chi connectivity index (χ1) is 18.6. The number of hydrogen-bond acceptors (Lipinski definition) is 10. The van der Waals surface area contributed by atoms with Crippen molar-refractivity contribution < 1.29 is 28.9 Å². The summed E-state index contributed by atoms with van der Waals surface area (Å²) in [7, 11) is 0. The largest absolute Gasteiger partial charge is 0.506 e. The van der Waals surface area contributed by atoms with E-state index in [1.54, 1.807) is 4.90 Å². The fraction of sp³-hybridized carbons (Fsp3) is 0.217. The molecule has 1 fully saturated rings. The fourth-order valence-electron chi connectivity index (χ4n) is 3.39. The highest BCUT2D eigenvalue weighted by Crippen LogP contribution is 2.41. The number of carbonyl (C=O) groups excluding carboxylic acids is 1. The molecule has 1 saturated heterocycles. The number of carbonyl (C=O) groups is 1. The number of halogens is 5. The quantitative estimate of drug-likeness (QED) is 0.142. The Bertz CT molecular complexity index is 1430. The number of amides is 1. The van der Waals surface area contributed by atoms with E-state index >= 15 is 0 Å². The summed E-state index contributed by atoms with van der Waals surface area (Å²) >= 11 is 18.7. The van der Waals surface area contributed by atoms with Crippen molar-refractivity contribution in [2.75, 3.05) is 48.6 Å². The summed E-state index contributed by atoms with van der Waals surface area (Å²) in [6.45, 7) is 1.42. The Hall–Kier alpha value is -2.91. The second-order valence-corrected chi connectivity index (χ2v) is 10.4. The third kappa shape index (κ3) is 7.19. The van der Waals surface area contributed by atoms with Gasteiger partial charge in [-0.1, -0.05) is 39.1 Å². The average Bonchev–Trinajstić information content (AvgIpc) is 2.91. The van der Waals surface area contributed by atoms with Crippen molar-refractivity contribution >= 4 is 84.6 Å². The molecule has 0 unspecified atom stereocenters. The maximum absolute atomic E-state index is 14.2. The van der Waals surface area contributed by atoms with Gasteiger partial charge in [0.05, 0.1) is 40.8 Å². The second kappa shape index (κ2) is 13.0. The molecule has 3 aromatic rings. The lowest BCUT2D eigenvalue weighted by Gasteiger charge is -2.27. The maximum Gasteiger partial charge on any atom is 0.262 e. The Kier molecular flexibility index (Phi) is 9.67. The summed E-state index contributed by atoms with van der Waals surface area (Å²) in [5.41, 5.74) is 2.87. The molecule has 16 heteroatoms. The molecule has 0 bridgehead atoms. The summed E-state index contributed by atoms with van der Waals surface area (Å²) < 4.78 is 25.8. The Labute approximate surface area is 248 Å². The average molecular weight is 709 g/mol. The molecule has 0 saturated carbocycles. The number of ether oxygens (including phenoxy) is 2.